The number of halogens is 3. The van der Waals surface area contributed by atoms with Crippen LogP contribution >= 0.6 is 11.3 Å². The molecule has 0 saturated heterocycles. The van der Waals surface area contributed by atoms with Crippen molar-refractivity contribution < 1.29 is 22.6 Å². The molecule has 1 aromatic carbocycles. The molecular weight excluding hydrogens is 305 g/mol. The van der Waals surface area contributed by atoms with Crippen LogP contribution < -0.4 is 20.7 Å². The average Bonchev–Trinajstić information content (AvgIpc) is 2.88. The van der Waals surface area contributed by atoms with Gasteiger partial charge in [-0.3, -0.25) is 5.84 Å². The second kappa shape index (κ2) is 6.33. The first-order valence-electron chi connectivity index (χ1n) is 5.88. The predicted molar refractivity (Wildman–Crippen MR) is 73.2 cm³/mol. The van der Waals surface area contributed by atoms with Gasteiger partial charge in [0.1, 0.15) is 11.5 Å². The molecule has 3 N–H and O–H groups in total. The molecule has 1 unspecified atom stereocenters. The molecule has 0 aliphatic rings. The first kappa shape index (κ1) is 15.6. The number of ether oxygens (including phenoxy) is 2. The van der Waals surface area contributed by atoms with Crippen LogP contribution in [0.15, 0.2) is 35.7 Å². The summed E-state index contributed by atoms with van der Waals surface area (Å²) in [6.07, 6.45) is -4.77. The van der Waals surface area contributed by atoms with Crippen LogP contribution in [0.5, 0.6) is 11.5 Å². The molecule has 1 heterocycles. The highest BCUT2D eigenvalue weighted by atomic mass is 32.1. The van der Waals surface area contributed by atoms with E-state index in [2.05, 4.69) is 10.2 Å². The Balaban J connectivity index is 2.43. The highest BCUT2D eigenvalue weighted by molar-refractivity contribution is 7.10. The van der Waals surface area contributed by atoms with E-state index >= 15 is 0 Å². The first-order chi connectivity index (χ1) is 9.96. The van der Waals surface area contributed by atoms with Gasteiger partial charge in [0.25, 0.3) is 0 Å². The van der Waals surface area contributed by atoms with E-state index in [1.54, 1.807) is 17.5 Å². The van der Waals surface area contributed by atoms with E-state index in [0.717, 1.165) is 0 Å². The Kier molecular flexibility index (Phi) is 4.71. The van der Waals surface area contributed by atoms with Gasteiger partial charge in [-0.2, -0.15) is 0 Å². The molecule has 0 amide bonds. The van der Waals surface area contributed by atoms with Gasteiger partial charge in [-0.1, -0.05) is 18.2 Å². The minimum atomic E-state index is -4.77. The lowest BCUT2D eigenvalue weighted by Gasteiger charge is -2.20. The van der Waals surface area contributed by atoms with Gasteiger partial charge < -0.3 is 9.47 Å². The van der Waals surface area contributed by atoms with Gasteiger partial charge in [0.15, 0.2) is 0 Å². The normalized spacial score (nSPS) is 13.0. The van der Waals surface area contributed by atoms with Crippen LogP contribution in [0.25, 0.3) is 0 Å². The first-order valence-corrected chi connectivity index (χ1v) is 6.76. The molecule has 8 heteroatoms. The summed E-state index contributed by atoms with van der Waals surface area (Å²) in [6, 6.07) is 6.89. The molecule has 4 nitrogen and oxygen atoms in total. The summed E-state index contributed by atoms with van der Waals surface area (Å²) < 4.78 is 46.7. The number of thiophene rings is 1. The maximum Gasteiger partial charge on any atom is 0.573 e. The van der Waals surface area contributed by atoms with Crippen molar-refractivity contribution in [2.24, 2.45) is 5.84 Å². The number of hydrazine groups is 1. The smallest absolute Gasteiger partial charge is 0.496 e. The third-order valence-corrected chi connectivity index (χ3v) is 3.72. The van der Waals surface area contributed by atoms with Crippen LogP contribution in [0.4, 0.5) is 13.2 Å². The number of nitrogens with one attached hydrogen (secondary N) is 1. The SMILES string of the molecule is COc1ccsc1C(NN)c1ccccc1OC(F)(F)F. The van der Waals surface area contributed by atoms with Gasteiger partial charge in [-0.05, 0) is 17.5 Å². The quantitative estimate of drug-likeness (QED) is 0.656. The lowest BCUT2D eigenvalue weighted by atomic mass is 10.0. The zero-order chi connectivity index (χ0) is 15.5. The van der Waals surface area contributed by atoms with Crippen molar-refractivity contribution in [2.45, 2.75) is 12.4 Å². The molecule has 2 aromatic rings. The molecule has 0 aliphatic heterocycles. The van der Waals surface area contributed by atoms with E-state index in [9.17, 15) is 13.2 Å². The molecule has 1 atom stereocenters. The van der Waals surface area contributed by atoms with Crippen molar-refractivity contribution in [3.63, 3.8) is 0 Å². The zero-order valence-corrected chi connectivity index (χ0v) is 11.8. The van der Waals surface area contributed by atoms with E-state index in [0.29, 0.717) is 10.6 Å². The fraction of sp³-hybridized carbons (Fsp3) is 0.231. The molecular formula is C13H13F3N2O2S. The van der Waals surface area contributed by atoms with Crippen LogP contribution in [0.1, 0.15) is 16.5 Å². The Morgan fingerprint density at radius 1 is 1.19 bits per heavy atom. The minimum Gasteiger partial charge on any atom is -0.496 e. The Morgan fingerprint density at radius 3 is 2.52 bits per heavy atom. The number of hydrogen-bond acceptors (Lipinski definition) is 5. The number of para-hydroxylation sites is 1. The molecule has 0 aliphatic carbocycles. The number of rotatable bonds is 5. The number of benzene rings is 1. The predicted octanol–water partition coefficient (Wildman–Crippen LogP) is 3.21. The maximum absolute atomic E-state index is 12.5. The molecule has 0 bridgehead atoms. The van der Waals surface area contributed by atoms with Crippen LogP contribution in [0.3, 0.4) is 0 Å². The third kappa shape index (κ3) is 3.66. The summed E-state index contributed by atoms with van der Waals surface area (Å²) in [6.45, 7) is 0. The van der Waals surface area contributed by atoms with Crippen molar-refractivity contribution in [2.75, 3.05) is 7.11 Å². The van der Waals surface area contributed by atoms with E-state index in [1.165, 1.54) is 36.6 Å². The monoisotopic (exact) mass is 318 g/mol. The lowest BCUT2D eigenvalue weighted by molar-refractivity contribution is -0.275. The summed E-state index contributed by atoms with van der Waals surface area (Å²) in [5.74, 6) is 5.76. The zero-order valence-electron chi connectivity index (χ0n) is 11.0. The molecule has 21 heavy (non-hydrogen) atoms. The third-order valence-electron chi connectivity index (χ3n) is 2.76. The summed E-state index contributed by atoms with van der Waals surface area (Å²) in [5, 5.41) is 1.77. The summed E-state index contributed by atoms with van der Waals surface area (Å²) in [4.78, 5) is 0.665. The Bertz CT molecular complexity index is 601. The summed E-state index contributed by atoms with van der Waals surface area (Å²) >= 11 is 1.32. The molecule has 0 saturated carbocycles. The van der Waals surface area contributed by atoms with Crippen LogP contribution in [0, 0.1) is 0 Å². The molecule has 0 fully saturated rings. The van der Waals surface area contributed by atoms with E-state index in [4.69, 9.17) is 10.6 Å². The summed E-state index contributed by atoms with van der Waals surface area (Å²) in [7, 11) is 1.48. The fourth-order valence-corrected chi connectivity index (χ4v) is 2.87. The maximum atomic E-state index is 12.5. The Hall–Kier alpha value is -1.77. The number of nitrogens with two attached hydrogens (primary N) is 1. The van der Waals surface area contributed by atoms with Gasteiger partial charge in [0.2, 0.25) is 0 Å². The minimum absolute atomic E-state index is 0.276. The van der Waals surface area contributed by atoms with E-state index in [-0.39, 0.29) is 11.3 Å². The molecule has 1 aromatic heterocycles. The Labute approximate surface area is 123 Å². The van der Waals surface area contributed by atoms with Crippen molar-refractivity contribution in [3.05, 3.63) is 46.2 Å². The number of methoxy groups -OCH3 is 1. The highest BCUT2D eigenvalue weighted by Crippen LogP contribution is 2.38. The highest BCUT2D eigenvalue weighted by Gasteiger charge is 2.33. The second-order valence-corrected chi connectivity index (χ2v) is 4.99. The van der Waals surface area contributed by atoms with Gasteiger partial charge >= 0.3 is 6.36 Å². The molecule has 114 valence electrons. The van der Waals surface area contributed by atoms with Crippen molar-refractivity contribution in [1.29, 1.82) is 0 Å². The second-order valence-electron chi connectivity index (χ2n) is 4.04. The van der Waals surface area contributed by atoms with Crippen molar-refractivity contribution in [1.82, 2.24) is 5.43 Å². The molecule has 0 spiro atoms. The largest absolute Gasteiger partial charge is 0.573 e. The van der Waals surface area contributed by atoms with Crippen LogP contribution in [-0.2, 0) is 0 Å². The van der Waals surface area contributed by atoms with Crippen molar-refractivity contribution in [3.8, 4) is 11.5 Å². The molecule has 2 rings (SSSR count). The van der Waals surface area contributed by atoms with Gasteiger partial charge in [-0.15, -0.1) is 24.5 Å². The van der Waals surface area contributed by atoms with Crippen LogP contribution in [-0.4, -0.2) is 13.5 Å². The lowest BCUT2D eigenvalue weighted by Crippen LogP contribution is -2.29. The van der Waals surface area contributed by atoms with Gasteiger partial charge in [-0.25, -0.2) is 5.43 Å². The summed E-state index contributed by atoms with van der Waals surface area (Å²) in [5.41, 5.74) is 2.78. The standard InChI is InChI=1S/C13H13F3N2O2S/c1-19-10-6-7-21-12(10)11(18-17)8-4-2-3-5-9(8)20-13(14,15)16/h2-7,11,18H,17H2,1H3. The van der Waals surface area contributed by atoms with Crippen molar-refractivity contribution >= 4 is 11.3 Å². The number of hydrogen-bond donors (Lipinski definition) is 2. The average molecular weight is 318 g/mol. The van der Waals surface area contributed by atoms with E-state index in [1.807, 2.05) is 0 Å². The topological polar surface area (TPSA) is 56.5 Å². The number of alkyl halides is 3. The molecule has 0 radical (unpaired) electrons. The van der Waals surface area contributed by atoms with Crippen LogP contribution in [0.2, 0.25) is 0 Å². The fourth-order valence-electron chi connectivity index (χ4n) is 1.93. The van der Waals surface area contributed by atoms with E-state index < -0.39 is 12.4 Å². The Morgan fingerprint density at radius 2 is 1.90 bits per heavy atom. The van der Waals surface area contributed by atoms with Gasteiger partial charge in [0, 0.05) is 5.56 Å². The van der Waals surface area contributed by atoms with Gasteiger partial charge in [0.05, 0.1) is 18.0 Å².